The summed E-state index contributed by atoms with van der Waals surface area (Å²) in [6.45, 7) is 6.53. The van der Waals surface area contributed by atoms with Gasteiger partial charge in [-0.2, -0.15) is 0 Å². The number of hydrogen-bond acceptors (Lipinski definition) is 6. The highest BCUT2D eigenvalue weighted by molar-refractivity contribution is 8.77. The largest absolute Gasteiger partial charge is 0.445 e. The number of azide groups is 1. The molecule has 0 bridgehead atoms. The molecule has 0 saturated heterocycles. The Kier molecular flexibility index (Phi) is 10.3. The molecule has 0 aliphatic rings. The molecule has 2 rings (SSSR count). The normalized spacial score (nSPS) is 11.7. The fourth-order valence-corrected chi connectivity index (χ4v) is 4.94. The second kappa shape index (κ2) is 12.9. The van der Waals surface area contributed by atoms with Crippen LogP contribution < -0.4 is 10.6 Å². The van der Waals surface area contributed by atoms with E-state index in [9.17, 15) is 9.59 Å². The maximum atomic E-state index is 12.8. The number of nitrogens with one attached hydrogen (secondary N) is 2. The Morgan fingerprint density at radius 2 is 1.81 bits per heavy atom. The van der Waals surface area contributed by atoms with Gasteiger partial charge in [-0.25, -0.2) is 4.79 Å². The van der Waals surface area contributed by atoms with E-state index in [1.54, 1.807) is 35.1 Å². The molecule has 0 radical (unpaired) electrons. The fourth-order valence-electron chi connectivity index (χ4n) is 2.48. The molecule has 10 heteroatoms. The van der Waals surface area contributed by atoms with E-state index >= 15 is 0 Å². The van der Waals surface area contributed by atoms with Gasteiger partial charge in [0, 0.05) is 27.6 Å². The van der Waals surface area contributed by atoms with Gasteiger partial charge < -0.3 is 15.4 Å². The predicted molar refractivity (Wildman–Crippen MR) is 130 cm³/mol. The van der Waals surface area contributed by atoms with Crippen molar-refractivity contribution in [2.75, 3.05) is 5.75 Å². The Morgan fingerprint density at radius 3 is 2.50 bits per heavy atom. The quantitative estimate of drug-likeness (QED) is 0.198. The van der Waals surface area contributed by atoms with E-state index in [0.29, 0.717) is 23.5 Å². The van der Waals surface area contributed by atoms with Crippen LogP contribution in [0.4, 0.5) is 10.5 Å². The number of carbonyl (C=O) groups is 2. The SMILES string of the molecule is CC(C)(C)SSC[C@H](NC(=O)OCc1ccccc1N=[N+]=[N-])C(=O)NCc1ccccc1. The standard InChI is InChI=1S/C22H27N5O3S2/c1-22(2,3)32-31-15-19(20(28)24-13-16-9-5-4-6-10-16)25-21(29)30-14-17-11-7-8-12-18(17)26-27-23/h4-12,19H,13-15H2,1-3H3,(H,24,28)(H,25,29)/t19-/m0/s1. The molecule has 0 aromatic heterocycles. The highest BCUT2D eigenvalue weighted by Gasteiger charge is 2.23. The number of benzene rings is 2. The number of amides is 2. The minimum Gasteiger partial charge on any atom is -0.445 e. The molecule has 0 saturated carbocycles. The van der Waals surface area contributed by atoms with Crippen LogP contribution in [0.25, 0.3) is 10.4 Å². The number of nitrogens with zero attached hydrogens (tertiary/aromatic N) is 3. The molecular weight excluding hydrogens is 446 g/mol. The molecule has 0 fully saturated rings. The number of carbonyl (C=O) groups excluding carboxylic acids is 2. The van der Waals surface area contributed by atoms with Gasteiger partial charge in [0.25, 0.3) is 0 Å². The maximum absolute atomic E-state index is 12.8. The van der Waals surface area contributed by atoms with E-state index in [1.807, 2.05) is 30.3 Å². The molecule has 2 aromatic carbocycles. The molecule has 0 unspecified atom stereocenters. The Balaban J connectivity index is 1.97. The first-order chi connectivity index (χ1) is 15.3. The second-order valence-electron chi connectivity index (χ2n) is 7.77. The van der Waals surface area contributed by atoms with Gasteiger partial charge in [-0.15, -0.1) is 0 Å². The zero-order valence-corrected chi connectivity index (χ0v) is 19.9. The average molecular weight is 474 g/mol. The van der Waals surface area contributed by atoms with Gasteiger partial charge in [0.05, 0.1) is 0 Å². The van der Waals surface area contributed by atoms with Crippen LogP contribution in [0.2, 0.25) is 0 Å². The van der Waals surface area contributed by atoms with Gasteiger partial charge in [0.15, 0.2) is 0 Å². The number of alkyl carbamates (subject to hydrolysis) is 1. The lowest BCUT2D eigenvalue weighted by Gasteiger charge is -2.21. The van der Waals surface area contributed by atoms with Crippen molar-refractivity contribution < 1.29 is 14.3 Å². The Bertz CT molecular complexity index is 944. The van der Waals surface area contributed by atoms with Crippen molar-refractivity contribution in [2.45, 2.75) is 44.7 Å². The molecule has 170 valence electrons. The predicted octanol–water partition coefficient (Wildman–Crippen LogP) is 5.72. The first-order valence-corrected chi connectivity index (χ1v) is 12.3. The Hall–Kier alpha value is -2.81. The molecular formula is C22H27N5O3S2. The van der Waals surface area contributed by atoms with Crippen LogP contribution in [-0.4, -0.2) is 28.5 Å². The van der Waals surface area contributed by atoms with Crippen LogP contribution in [0.5, 0.6) is 0 Å². The lowest BCUT2D eigenvalue weighted by Crippen LogP contribution is -2.48. The molecule has 0 spiro atoms. The third-order valence-corrected chi connectivity index (χ3v) is 7.31. The molecule has 8 nitrogen and oxygen atoms in total. The highest BCUT2D eigenvalue weighted by Crippen LogP contribution is 2.35. The minimum absolute atomic E-state index is 0.0151. The lowest BCUT2D eigenvalue weighted by atomic mass is 10.2. The summed E-state index contributed by atoms with van der Waals surface area (Å²) in [5.41, 5.74) is 10.6. The zero-order chi connectivity index (χ0) is 23.4. The molecule has 0 aliphatic heterocycles. The fraction of sp³-hybridized carbons (Fsp3) is 0.364. The van der Waals surface area contributed by atoms with Crippen molar-refractivity contribution >= 4 is 39.3 Å². The lowest BCUT2D eigenvalue weighted by molar-refractivity contribution is -0.122. The first kappa shape index (κ1) is 25.5. The number of rotatable bonds is 10. The molecule has 2 aromatic rings. The van der Waals surface area contributed by atoms with Crippen LogP contribution in [0, 0.1) is 0 Å². The van der Waals surface area contributed by atoms with E-state index in [0.717, 1.165) is 5.56 Å². The molecule has 1 atom stereocenters. The van der Waals surface area contributed by atoms with Crippen molar-refractivity contribution in [2.24, 2.45) is 5.11 Å². The third kappa shape index (κ3) is 9.55. The monoisotopic (exact) mass is 473 g/mol. The Morgan fingerprint density at radius 1 is 1.12 bits per heavy atom. The molecule has 2 amide bonds. The van der Waals surface area contributed by atoms with Crippen molar-refractivity contribution in [3.63, 3.8) is 0 Å². The smallest absolute Gasteiger partial charge is 0.408 e. The average Bonchev–Trinajstić information content (AvgIpc) is 2.76. The topological polar surface area (TPSA) is 116 Å². The summed E-state index contributed by atoms with van der Waals surface area (Å²) in [6, 6.07) is 15.6. The van der Waals surface area contributed by atoms with Crippen LogP contribution in [-0.2, 0) is 22.7 Å². The minimum atomic E-state index is -0.765. The van der Waals surface area contributed by atoms with E-state index in [4.69, 9.17) is 10.3 Å². The van der Waals surface area contributed by atoms with E-state index in [-0.39, 0.29) is 17.3 Å². The summed E-state index contributed by atoms with van der Waals surface area (Å²) < 4.78 is 5.29. The van der Waals surface area contributed by atoms with Gasteiger partial charge in [-0.1, -0.05) is 102 Å². The van der Waals surface area contributed by atoms with E-state index in [1.165, 1.54) is 10.8 Å². The summed E-state index contributed by atoms with van der Waals surface area (Å²) in [6.07, 6.45) is -0.720. The summed E-state index contributed by atoms with van der Waals surface area (Å²) in [5, 5.41) is 9.10. The van der Waals surface area contributed by atoms with Gasteiger partial charge >= 0.3 is 6.09 Å². The van der Waals surface area contributed by atoms with Crippen LogP contribution in [0.1, 0.15) is 31.9 Å². The van der Waals surface area contributed by atoms with E-state index in [2.05, 4.69) is 41.4 Å². The Labute approximate surface area is 195 Å². The summed E-state index contributed by atoms with van der Waals surface area (Å²) in [4.78, 5) is 27.9. The van der Waals surface area contributed by atoms with Gasteiger partial charge in [0.2, 0.25) is 5.91 Å². The molecule has 0 aliphatic carbocycles. The van der Waals surface area contributed by atoms with E-state index < -0.39 is 12.1 Å². The van der Waals surface area contributed by atoms with Crippen molar-refractivity contribution in [1.29, 1.82) is 0 Å². The highest BCUT2D eigenvalue weighted by atomic mass is 33.1. The van der Waals surface area contributed by atoms with Crippen LogP contribution >= 0.6 is 21.6 Å². The van der Waals surface area contributed by atoms with Crippen molar-refractivity contribution in [3.8, 4) is 0 Å². The number of hydrogen-bond donors (Lipinski definition) is 2. The zero-order valence-electron chi connectivity index (χ0n) is 18.3. The van der Waals surface area contributed by atoms with Gasteiger partial charge in [-0.05, 0) is 16.7 Å². The third-order valence-electron chi connectivity index (χ3n) is 3.96. The summed E-state index contributed by atoms with van der Waals surface area (Å²) in [5.74, 6) is 0.0924. The van der Waals surface area contributed by atoms with Crippen molar-refractivity contribution in [3.05, 3.63) is 76.2 Å². The maximum Gasteiger partial charge on any atom is 0.408 e. The van der Waals surface area contributed by atoms with Crippen molar-refractivity contribution in [1.82, 2.24) is 10.6 Å². The first-order valence-electron chi connectivity index (χ1n) is 9.97. The number of ether oxygens (including phenoxy) is 1. The van der Waals surface area contributed by atoms with Gasteiger partial charge in [0.1, 0.15) is 12.6 Å². The second-order valence-corrected chi connectivity index (χ2v) is 10.9. The van der Waals surface area contributed by atoms with Gasteiger partial charge in [-0.3, -0.25) is 4.79 Å². The molecule has 2 N–H and O–H groups in total. The molecule has 32 heavy (non-hydrogen) atoms. The summed E-state index contributed by atoms with van der Waals surface area (Å²) in [7, 11) is 3.15. The molecule has 0 heterocycles. The summed E-state index contributed by atoms with van der Waals surface area (Å²) >= 11 is 0. The van der Waals surface area contributed by atoms with Crippen LogP contribution in [0.3, 0.4) is 0 Å². The van der Waals surface area contributed by atoms with Crippen LogP contribution in [0.15, 0.2) is 59.7 Å².